The Hall–Kier alpha value is -0.680. The lowest BCUT2D eigenvalue weighted by Crippen LogP contribution is -2.51. The summed E-state index contributed by atoms with van der Waals surface area (Å²) >= 11 is 0. The molecule has 0 radical (unpaired) electrons. The first-order chi connectivity index (χ1) is 10.2. The molecule has 1 unspecified atom stereocenters. The van der Waals surface area contributed by atoms with Crippen molar-refractivity contribution >= 4 is 24.8 Å². The van der Waals surface area contributed by atoms with E-state index in [0.717, 1.165) is 37.1 Å². The van der Waals surface area contributed by atoms with Gasteiger partial charge in [0.25, 0.3) is 0 Å². The Balaban J connectivity index is 0.00000132. The number of fused-ring (bicyclic) bond motifs is 1. The molecule has 1 atom stereocenters. The third-order valence-corrected chi connectivity index (χ3v) is 4.12. The summed E-state index contributed by atoms with van der Waals surface area (Å²) in [6.07, 6.45) is 0.150. The van der Waals surface area contributed by atoms with Crippen LogP contribution >= 0.6 is 24.8 Å². The van der Waals surface area contributed by atoms with E-state index >= 15 is 0 Å². The summed E-state index contributed by atoms with van der Waals surface area (Å²) < 4.78 is 11.8. The highest BCUT2D eigenvalue weighted by Crippen LogP contribution is 2.31. The molecule has 132 valence electrons. The number of hydrogen-bond acceptors (Lipinski definition) is 4. The van der Waals surface area contributed by atoms with Crippen LogP contribution in [0.15, 0.2) is 24.3 Å². The number of piperazine rings is 1. The van der Waals surface area contributed by atoms with Crippen molar-refractivity contribution in [1.82, 2.24) is 9.80 Å². The van der Waals surface area contributed by atoms with Crippen molar-refractivity contribution in [2.45, 2.75) is 20.0 Å². The summed E-state index contributed by atoms with van der Waals surface area (Å²) in [4.78, 5) is 5.06. The van der Waals surface area contributed by atoms with Crippen LogP contribution in [0.2, 0.25) is 0 Å². The van der Waals surface area contributed by atoms with Gasteiger partial charge >= 0.3 is 0 Å². The molecule has 1 saturated heterocycles. The van der Waals surface area contributed by atoms with Crippen molar-refractivity contribution in [3.8, 4) is 11.5 Å². The van der Waals surface area contributed by atoms with E-state index in [1.807, 2.05) is 24.3 Å². The predicted molar refractivity (Wildman–Crippen MR) is 98.6 cm³/mol. The minimum absolute atomic E-state index is 0. The number of benzene rings is 1. The Kier molecular flexibility index (Phi) is 8.48. The summed E-state index contributed by atoms with van der Waals surface area (Å²) in [6, 6.07) is 7.93. The van der Waals surface area contributed by atoms with E-state index in [-0.39, 0.29) is 30.9 Å². The monoisotopic (exact) mass is 362 g/mol. The van der Waals surface area contributed by atoms with Crippen LogP contribution < -0.4 is 9.47 Å². The van der Waals surface area contributed by atoms with Gasteiger partial charge in [-0.3, -0.25) is 4.90 Å². The lowest BCUT2D eigenvalue weighted by atomic mass is 10.2. The van der Waals surface area contributed by atoms with Gasteiger partial charge in [0.1, 0.15) is 12.7 Å². The van der Waals surface area contributed by atoms with Crippen LogP contribution in [0.3, 0.4) is 0 Å². The zero-order chi connectivity index (χ0) is 14.7. The van der Waals surface area contributed by atoms with Crippen LogP contribution in [0.4, 0.5) is 0 Å². The lowest BCUT2D eigenvalue weighted by molar-refractivity contribution is 0.0386. The smallest absolute Gasteiger partial charge is 0.161 e. The molecule has 2 heterocycles. The normalized spacial score (nSPS) is 21.4. The fourth-order valence-corrected chi connectivity index (χ4v) is 3.11. The largest absolute Gasteiger partial charge is 0.486 e. The van der Waals surface area contributed by atoms with Gasteiger partial charge in [-0.15, -0.1) is 24.8 Å². The van der Waals surface area contributed by atoms with Crippen molar-refractivity contribution < 1.29 is 9.47 Å². The summed E-state index contributed by atoms with van der Waals surface area (Å²) in [6.45, 7) is 12.0. The SMILES string of the molecule is CC(C)CN1CCN(CC2COc3ccccc3O2)CC1.Cl.Cl. The van der Waals surface area contributed by atoms with E-state index < -0.39 is 0 Å². The molecule has 0 aliphatic carbocycles. The summed E-state index contributed by atoms with van der Waals surface area (Å²) in [5, 5.41) is 0. The van der Waals surface area contributed by atoms with E-state index in [9.17, 15) is 0 Å². The molecule has 2 aliphatic rings. The highest BCUT2D eigenvalue weighted by molar-refractivity contribution is 5.85. The molecule has 0 saturated carbocycles. The first-order valence-corrected chi connectivity index (χ1v) is 8.04. The molecule has 3 rings (SSSR count). The maximum atomic E-state index is 6.05. The molecule has 0 N–H and O–H groups in total. The third kappa shape index (κ3) is 5.71. The maximum absolute atomic E-state index is 6.05. The summed E-state index contributed by atoms with van der Waals surface area (Å²) in [5.41, 5.74) is 0. The minimum atomic E-state index is 0. The van der Waals surface area contributed by atoms with Crippen LogP contribution in [0, 0.1) is 5.92 Å². The zero-order valence-corrected chi connectivity index (χ0v) is 15.6. The van der Waals surface area contributed by atoms with E-state index in [4.69, 9.17) is 9.47 Å². The van der Waals surface area contributed by atoms with Crippen molar-refractivity contribution in [2.24, 2.45) is 5.92 Å². The van der Waals surface area contributed by atoms with Gasteiger partial charge in [0.2, 0.25) is 0 Å². The second kappa shape index (κ2) is 9.58. The highest BCUT2D eigenvalue weighted by atomic mass is 35.5. The number of rotatable bonds is 4. The molecule has 2 aliphatic heterocycles. The van der Waals surface area contributed by atoms with Gasteiger partial charge in [-0.25, -0.2) is 0 Å². The number of ether oxygens (including phenoxy) is 2. The summed E-state index contributed by atoms with van der Waals surface area (Å²) in [7, 11) is 0. The lowest BCUT2D eigenvalue weighted by Gasteiger charge is -2.37. The zero-order valence-electron chi connectivity index (χ0n) is 13.9. The third-order valence-electron chi connectivity index (χ3n) is 4.12. The van der Waals surface area contributed by atoms with Crippen molar-refractivity contribution in [3.63, 3.8) is 0 Å². The molecule has 0 aromatic heterocycles. The quantitative estimate of drug-likeness (QED) is 0.821. The highest BCUT2D eigenvalue weighted by Gasteiger charge is 2.25. The van der Waals surface area contributed by atoms with Crippen LogP contribution in [0.25, 0.3) is 0 Å². The number of nitrogens with zero attached hydrogens (tertiary/aromatic N) is 2. The second-order valence-electron chi connectivity index (χ2n) is 6.49. The topological polar surface area (TPSA) is 24.9 Å². The van der Waals surface area contributed by atoms with Gasteiger partial charge in [-0.2, -0.15) is 0 Å². The molecule has 0 bridgehead atoms. The van der Waals surface area contributed by atoms with Crippen LogP contribution in [-0.4, -0.2) is 61.8 Å². The number of hydrogen-bond donors (Lipinski definition) is 0. The van der Waals surface area contributed by atoms with E-state index in [1.165, 1.54) is 19.6 Å². The summed E-state index contributed by atoms with van der Waals surface area (Å²) in [5.74, 6) is 2.51. The van der Waals surface area contributed by atoms with Crippen molar-refractivity contribution in [3.05, 3.63) is 24.3 Å². The average Bonchev–Trinajstić information content (AvgIpc) is 2.49. The molecule has 23 heavy (non-hydrogen) atoms. The number of para-hydroxylation sites is 2. The first kappa shape index (κ1) is 20.4. The Morgan fingerprint density at radius 3 is 2.26 bits per heavy atom. The van der Waals surface area contributed by atoms with E-state index in [0.29, 0.717) is 6.61 Å². The molecule has 0 spiro atoms. The fourth-order valence-electron chi connectivity index (χ4n) is 3.11. The fraction of sp³-hybridized carbons (Fsp3) is 0.647. The second-order valence-corrected chi connectivity index (χ2v) is 6.49. The van der Waals surface area contributed by atoms with Crippen LogP contribution in [0.1, 0.15) is 13.8 Å². The molecule has 1 aromatic rings. The Morgan fingerprint density at radius 1 is 1.00 bits per heavy atom. The average molecular weight is 363 g/mol. The van der Waals surface area contributed by atoms with Crippen LogP contribution in [-0.2, 0) is 0 Å². The Bertz CT molecular complexity index is 466. The Morgan fingerprint density at radius 2 is 1.61 bits per heavy atom. The molecular formula is C17H28Cl2N2O2. The first-order valence-electron chi connectivity index (χ1n) is 8.04. The standard InChI is InChI=1S/C17H26N2O2.2ClH/c1-14(2)11-18-7-9-19(10-8-18)12-15-13-20-16-5-3-4-6-17(16)21-15;;/h3-6,14-15H,7-13H2,1-2H3;2*1H. The van der Waals surface area contributed by atoms with Gasteiger partial charge in [0.15, 0.2) is 11.5 Å². The molecular weight excluding hydrogens is 335 g/mol. The minimum Gasteiger partial charge on any atom is -0.486 e. The van der Waals surface area contributed by atoms with E-state index in [2.05, 4.69) is 23.6 Å². The molecule has 6 heteroatoms. The van der Waals surface area contributed by atoms with E-state index in [1.54, 1.807) is 0 Å². The van der Waals surface area contributed by atoms with Crippen molar-refractivity contribution in [1.29, 1.82) is 0 Å². The Labute approximate surface area is 151 Å². The maximum Gasteiger partial charge on any atom is 0.161 e. The van der Waals surface area contributed by atoms with Crippen molar-refractivity contribution in [2.75, 3.05) is 45.9 Å². The molecule has 0 amide bonds. The number of halogens is 2. The van der Waals surface area contributed by atoms with Crippen LogP contribution in [0.5, 0.6) is 11.5 Å². The van der Waals surface area contributed by atoms with Gasteiger partial charge in [0.05, 0.1) is 0 Å². The van der Waals surface area contributed by atoms with Gasteiger partial charge in [-0.05, 0) is 18.1 Å². The molecule has 4 nitrogen and oxygen atoms in total. The van der Waals surface area contributed by atoms with Gasteiger partial charge in [0, 0.05) is 39.3 Å². The molecule has 1 fully saturated rings. The van der Waals surface area contributed by atoms with Gasteiger partial charge in [-0.1, -0.05) is 26.0 Å². The predicted octanol–water partition coefficient (Wildman–Crippen LogP) is 2.94. The van der Waals surface area contributed by atoms with Gasteiger partial charge < -0.3 is 14.4 Å². The molecule has 1 aromatic carbocycles.